The number of nitrogens with one attached hydrogen (secondary N) is 2. The number of carbonyl (C=O) groups is 3. The van der Waals surface area contributed by atoms with Gasteiger partial charge in [-0.3, -0.25) is 14.4 Å². The van der Waals surface area contributed by atoms with Crippen LogP contribution in [0.2, 0.25) is 0 Å². The van der Waals surface area contributed by atoms with Gasteiger partial charge in [-0.05, 0) is 37.1 Å². The molecule has 9 heteroatoms. The van der Waals surface area contributed by atoms with Crippen molar-refractivity contribution in [2.45, 2.75) is 37.5 Å². The fraction of sp³-hybridized carbons (Fsp3) is 0.438. The van der Waals surface area contributed by atoms with Gasteiger partial charge in [-0.2, -0.15) is 0 Å². The Bertz CT molecular complexity index is 772. The number of amides is 2. The molecule has 0 saturated heterocycles. The minimum Gasteiger partial charge on any atom is -0.481 e. The SMILES string of the molecule is CC(=O)NS(=O)(=O)c1ccc(NC(=O)C2CCCCC2C(=O)O)cc1. The number of sulfonamides is 1. The monoisotopic (exact) mass is 368 g/mol. The quantitative estimate of drug-likeness (QED) is 0.719. The molecule has 1 aromatic rings. The Balaban J connectivity index is 2.09. The van der Waals surface area contributed by atoms with E-state index in [1.54, 1.807) is 0 Å². The van der Waals surface area contributed by atoms with Crippen molar-refractivity contribution in [2.75, 3.05) is 5.32 Å². The number of rotatable bonds is 5. The lowest BCUT2D eigenvalue weighted by Crippen LogP contribution is -2.36. The van der Waals surface area contributed by atoms with Crippen molar-refractivity contribution < 1.29 is 27.9 Å². The van der Waals surface area contributed by atoms with Gasteiger partial charge in [0.2, 0.25) is 11.8 Å². The molecule has 136 valence electrons. The zero-order valence-corrected chi connectivity index (χ0v) is 14.5. The Labute approximate surface area is 145 Å². The zero-order chi connectivity index (χ0) is 18.6. The Morgan fingerprint density at radius 1 is 1.04 bits per heavy atom. The largest absolute Gasteiger partial charge is 0.481 e. The first-order chi connectivity index (χ1) is 11.7. The number of carboxylic acid groups (broad SMARTS) is 1. The van der Waals surface area contributed by atoms with Crippen LogP contribution in [0.5, 0.6) is 0 Å². The molecular weight excluding hydrogens is 348 g/mol. The molecular formula is C16H20N2O6S. The zero-order valence-electron chi connectivity index (χ0n) is 13.7. The number of aliphatic carboxylic acids is 1. The lowest BCUT2D eigenvalue weighted by atomic mass is 9.78. The van der Waals surface area contributed by atoms with Gasteiger partial charge in [0.15, 0.2) is 0 Å². The molecule has 3 N–H and O–H groups in total. The van der Waals surface area contributed by atoms with Crippen LogP contribution in [0.3, 0.4) is 0 Å². The van der Waals surface area contributed by atoms with Crippen LogP contribution in [-0.4, -0.2) is 31.3 Å². The fourth-order valence-electron chi connectivity index (χ4n) is 2.94. The van der Waals surface area contributed by atoms with Gasteiger partial charge in [0.05, 0.1) is 16.7 Å². The molecule has 8 nitrogen and oxygen atoms in total. The van der Waals surface area contributed by atoms with E-state index in [1.807, 2.05) is 4.72 Å². The highest BCUT2D eigenvalue weighted by Gasteiger charge is 2.35. The third kappa shape index (κ3) is 4.79. The standard InChI is InChI=1S/C16H20N2O6S/c1-10(19)18-25(23,24)12-8-6-11(7-9-12)17-15(20)13-4-2-3-5-14(13)16(21)22/h6-9,13-14H,2-5H2,1H3,(H,17,20)(H,18,19)(H,21,22). The first-order valence-corrected chi connectivity index (χ1v) is 9.36. The van der Waals surface area contributed by atoms with E-state index in [2.05, 4.69) is 5.32 Å². The van der Waals surface area contributed by atoms with E-state index in [1.165, 1.54) is 24.3 Å². The Morgan fingerprint density at radius 3 is 2.12 bits per heavy atom. The van der Waals surface area contributed by atoms with Crippen LogP contribution in [0, 0.1) is 11.8 Å². The maximum atomic E-state index is 12.4. The van der Waals surface area contributed by atoms with Crippen molar-refractivity contribution in [3.8, 4) is 0 Å². The van der Waals surface area contributed by atoms with Gasteiger partial charge in [0.25, 0.3) is 10.0 Å². The second-order valence-corrected chi connectivity index (χ2v) is 7.69. The predicted molar refractivity (Wildman–Crippen MR) is 89.2 cm³/mol. The number of anilines is 1. The molecule has 2 rings (SSSR count). The van der Waals surface area contributed by atoms with E-state index < -0.39 is 33.7 Å². The van der Waals surface area contributed by atoms with Crippen LogP contribution in [0.1, 0.15) is 32.6 Å². The predicted octanol–water partition coefficient (Wildman–Crippen LogP) is 1.34. The first-order valence-electron chi connectivity index (χ1n) is 7.88. The van der Waals surface area contributed by atoms with E-state index in [-0.39, 0.29) is 10.8 Å². The number of benzene rings is 1. The molecule has 0 bridgehead atoms. The molecule has 0 spiro atoms. The van der Waals surface area contributed by atoms with Crippen molar-refractivity contribution in [1.82, 2.24) is 4.72 Å². The van der Waals surface area contributed by atoms with Crippen LogP contribution in [-0.2, 0) is 24.4 Å². The molecule has 1 saturated carbocycles. The minimum atomic E-state index is -3.94. The summed E-state index contributed by atoms with van der Waals surface area (Å²) in [5.74, 6) is -3.36. The highest BCUT2D eigenvalue weighted by molar-refractivity contribution is 7.90. The summed E-state index contributed by atoms with van der Waals surface area (Å²) >= 11 is 0. The lowest BCUT2D eigenvalue weighted by Gasteiger charge is -2.27. The molecule has 1 aliphatic rings. The summed E-state index contributed by atoms with van der Waals surface area (Å²) in [5.41, 5.74) is 0.362. The van der Waals surface area contributed by atoms with Gasteiger partial charge >= 0.3 is 5.97 Å². The summed E-state index contributed by atoms with van der Waals surface area (Å²) in [6.07, 6.45) is 2.57. The topological polar surface area (TPSA) is 130 Å². The lowest BCUT2D eigenvalue weighted by molar-refractivity contribution is -0.147. The van der Waals surface area contributed by atoms with Crippen molar-refractivity contribution >= 4 is 33.5 Å². The van der Waals surface area contributed by atoms with Crippen molar-refractivity contribution in [3.63, 3.8) is 0 Å². The van der Waals surface area contributed by atoms with E-state index >= 15 is 0 Å². The van der Waals surface area contributed by atoms with E-state index in [9.17, 15) is 27.9 Å². The van der Waals surface area contributed by atoms with Crippen LogP contribution in [0.4, 0.5) is 5.69 Å². The molecule has 0 aliphatic heterocycles. The highest BCUT2D eigenvalue weighted by Crippen LogP contribution is 2.31. The average molecular weight is 368 g/mol. The molecule has 0 radical (unpaired) electrons. The maximum Gasteiger partial charge on any atom is 0.307 e. The first kappa shape index (κ1) is 18.9. The fourth-order valence-corrected chi connectivity index (χ4v) is 3.93. The van der Waals surface area contributed by atoms with Gasteiger partial charge in [0, 0.05) is 12.6 Å². The summed E-state index contributed by atoms with van der Waals surface area (Å²) in [4.78, 5) is 34.4. The van der Waals surface area contributed by atoms with Crippen LogP contribution >= 0.6 is 0 Å². The second kappa shape index (κ2) is 7.64. The molecule has 0 aromatic heterocycles. The number of carboxylic acids is 1. The molecule has 25 heavy (non-hydrogen) atoms. The third-order valence-corrected chi connectivity index (χ3v) is 5.58. The number of hydrogen-bond acceptors (Lipinski definition) is 5. The summed E-state index contributed by atoms with van der Waals surface area (Å²) in [6.45, 7) is 1.09. The molecule has 1 aromatic carbocycles. The normalized spacial score (nSPS) is 20.5. The third-order valence-electron chi connectivity index (χ3n) is 4.13. The van der Waals surface area contributed by atoms with E-state index in [0.29, 0.717) is 18.5 Å². The van der Waals surface area contributed by atoms with Gasteiger partial charge < -0.3 is 10.4 Å². The highest BCUT2D eigenvalue weighted by atomic mass is 32.2. The molecule has 1 aliphatic carbocycles. The van der Waals surface area contributed by atoms with Gasteiger partial charge in [-0.15, -0.1) is 0 Å². The summed E-state index contributed by atoms with van der Waals surface area (Å²) in [5, 5.41) is 11.9. The Morgan fingerprint density at radius 2 is 1.60 bits per heavy atom. The van der Waals surface area contributed by atoms with Gasteiger partial charge in [-0.1, -0.05) is 12.8 Å². The number of carbonyl (C=O) groups excluding carboxylic acids is 2. The summed E-state index contributed by atoms with van der Waals surface area (Å²) < 4.78 is 25.6. The molecule has 2 atom stereocenters. The van der Waals surface area contributed by atoms with Gasteiger partial charge in [0.1, 0.15) is 0 Å². The molecule has 2 unspecified atom stereocenters. The molecule has 1 fully saturated rings. The van der Waals surface area contributed by atoms with E-state index in [4.69, 9.17) is 0 Å². The van der Waals surface area contributed by atoms with Crippen LogP contribution in [0.15, 0.2) is 29.2 Å². The molecule has 2 amide bonds. The van der Waals surface area contributed by atoms with E-state index in [0.717, 1.165) is 19.8 Å². The van der Waals surface area contributed by atoms with Gasteiger partial charge in [-0.25, -0.2) is 13.1 Å². The molecule has 0 heterocycles. The van der Waals surface area contributed by atoms with Crippen molar-refractivity contribution in [1.29, 1.82) is 0 Å². The Kier molecular flexibility index (Phi) is 5.78. The smallest absolute Gasteiger partial charge is 0.307 e. The minimum absolute atomic E-state index is 0.109. The maximum absolute atomic E-state index is 12.4. The van der Waals surface area contributed by atoms with Crippen LogP contribution < -0.4 is 10.0 Å². The van der Waals surface area contributed by atoms with Crippen LogP contribution in [0.25, 0.3) is 0 Å². The summed E-state index contributed by atoms with van der Waals surface area (Å²) in [7, 11) is -3.94. The average Bonchev–Trinajstić information content (AvgIpc) is 2.54. The van der Waals surface area contributed by atoms with Crippen molar-refractivity contribution in [2.24, 2.45) is 11.8 Å². The second-order valence-electron chi connectivity index (χ2n) is 6.01. The van der Waals surface area contributed by atoms with Crippen molar-refractivity contribution in [3.05, 3.63) is 24.3 Å². The Hall–Kier alpha value is -2.42. The number of hydrogen-bond donors (Lipinski definition) is 3. The summed E-state index contributed by atoms with van der Waals surface area (Å²) in [6, 6.07) is 5.31.